The molecule has 0 aliphatic carbocycles. The van der Waals surface area contributed by atoms with Crippen LogP contribution in [0, 0.1) is 6.92 Å². The lowest BCUT2D eigenvalue weighted by Crippen LogP contribution is -2.60. The highest BCUT2D eigenvalue weighted by Crippen LogP contribution is 2.33. The predicted molar refractivity (Wildman–Crippen MR) is 140 cm³/mol. The molecule has 11 heteroatoms. The fraction of sp³-hybridized carbons (Fsp3) is 0.481. The lowest BCUT2D eigenvalue weighted by Gasteiger charge is -2.44. The van der Waals surface area contributed by atoms with E-state index in [2.05, 4.69) is 26.9 Å². The highest BCUT2D eigenvalue weighted by molar-refractivity contribution is 7.18. The van der Waals surface area contributed by atoms with Crippen LogP contribution >= 0.6 is 11.3 Å². The minimum absolute atomic E-state index is 0.113. The zero-order valence-corrected chi connectivity index (χ0v) is 22.3. The summed E-state index contributed by atoms with van der Waals surface area (Å²) in [5.41, 5.74) is 1.76. The number of fused-ring (bicyclic) bond motifs is 1. The number of oxime groups is 1. The molecule has 1 fully saturated rings. The van der Waals surface area contributed by atoms with Crippen LogP contribution in [0.1, 0.15) is 42.5 Å². The van der Waals surface area contributed by atoms with Crippen LogP contribution < -0.4 is 4.74 Å². The number of aliphatic hydroxyl groups excluding tert-OH is 1. The minimum Gasteiger partial charge on any atom is -0.472 e. The Balaban J connectivity index is 1.16. The van der Waals surface area contributed by atoms with Crippen molar-refractivity contribution in [1.29, 1.82) is 0 Å². The van der Waals surface area contributed by atoms with E-state index >= 15 is 0 Å². The average molecular weight is 549 g/mol. The van der Waals surface area contributed by atoms with E-state index in [0.717, 1.165) is 46.2 Å². The summed E-state index contributed by atoms with van der Waals surface area (Å²) in [5.74, 6) is 0.676. The van der Waals surface area contributed by atoms with E-state index in [-0.39, 0.29) is 12.1 Å². The van der Waals surface area contributed by atoms with Gasteiger partial charge in [-0.15, -0.1) is 11.3 Å². The summed E-state index contributed by atoms with van der Waals surface area (Å²) >= 11 is 1.64. The summed E-state index contributed by atoms with van der Waals surface area (Å²) in [5, 5.41) is 15.8. The second kappa shape index (κ2) is 10.8. The third-order valence-electron chi connectivity index (χ3n) is 6.97. The van der Waals surface area contributed by atoms with Gasteiger partial charge < -0.3 is 14.7 Å². The topological polar surface area (TPSA) is 70.4 Å². The monoisotopic (exact) mass is 548 g/mol. The summed E-state index contributed by atoms with van der Waals surface area (Å²) in [6, 6.07) is 11.0. The molecule has 0 amide bonds. The average Bonchev–Trinajstić information content (AvgIpc) is 3.47. The number of aromatic nitrogens is 1. The lowest BCUT2D eigenvalue weighted by atomic mass is 10.0. The van der Waals surface area contributed by atoms with Crippen molar-refractivity contribution < 1.29 is 27.9 Å². The van der Waals surface area contributed by atoms with Gasteiger partial charge in [-0.3, -0.25) is 9.80 Å². The molecule has 7 nitrogen and oxygen atoms in total. The molecule has 0 spiro atoms. The maximum atomic E-state index is 12.9. The quantitative estimate of drug-likeness (QED) is 0.436. The van der Waals surface area contributed by atoms with Gasteiger partial charge in [0.05, 0.1) is 26.5 Å². The van der Waals surface area contributed by atoms with Gasteiger partial charge in [-0.25, -0.2) is 4.98 Å². The molecule has 0 radical (unpaired) electrons. The van der Waals surface area contributed by atoms with Crippen LogP contribution in [0.3, 0.4) is 0 Å². The van der Waals surface area contributed by atoms with Gasteiger partial charge in [-0.1, -0.05) is 17.3 Å². The highest BCUT2D eigenvalue weighted by atomic mass is 32.1. The number of alkyl halides is 3. The zero-order chi connectivity index (χ0) is 27.0. The standard InChI is InChI=1S/C27H31F3N4O3S/c1-16-14-33(15-21-12-24(37-32-21)19-4-6-20(7-5-19)27(28,29)30)10-11-34(16)26(17(2)35)36-22-8-9-25-23(13-22)31-18(3)38-25/h4-9,13,16-17,24,26,35H,10-12,14-15H2,1-3H3/t16-,17+,24?,26?/m0/s1. The Hall–Kier alpha value is -2.73. The molecule has 204 valence electrons. The van der Waals surface area contributed by atoms with Crippen molar-refractivity contribution in [2.75, 3.05) is 26.2 Å². The fourth-order valence-corrected chi connectivity index (χ4v) is 5.90. The molecule has 2 unspecified atom stereocenters. The molecule has 2 aliphatic rings. The van der Waals surface area contributed by atoms with Gasteiger partial charge in [0.2, 0.25) is 0 Å². The second-order valence-electron chi connectivity index (χ2n) is 10.0. The van der Waals surface area contributed by atoms with Crippen molar-refractivity contribution in [1.82, 2.24) is 14.8 Å². The van der Waals surface area contributed by atoms with E-state index in [1.807, 2.05) is 25.1 Å². The Morgan fingerprint density at radius 2 is 1.95 bits per heavy atom. The van der Waals surface area contributed by atoms with Gasteiger partial charge in [0.25, 0.3) is 0 Å². The number of halogens is 3. The van der Waals surface area contributed by atoms with E-state index in [1.54, 1.807) is 18.3 Å². The van der Waals surface area contributed by atoms with Crippen molar-refractivity contribution in [3.05, 3.63) is 58.6 Å². The number of nitrogens with zero attached hydrogens (tertiary/aromatic N) is 4. The predicted octanol–water partition coefficient (Wildman–Crippen LogP) is 5.23. The van der Waals surface area contributed by atoms with Crippen LogP contribution in [0.4, 0.5) is 13.2 Å². The molecule has 0 saturated carbocycles. The van der Waals surface area contributed by atoms with Crippen molar-refractivity contribution in [2.45, 2.75) is 57.8 Å². The van der Waals surface area contributed by atoms with Gasteiger partial charge >= 0.3 is 6.18 Å². The molecule has 1 N–H and O–H groups in total. The van der Waals surface area contributed by atoms with Crippen LogP contribution in [0.2, 0.25) is 0 Å². The first-order valence-corrected chi connectivity index (χ1v) is 13.5. The smallest absolute Gasteiger partial charge is 0.416 e. The highest BCUT2D eigenvalue weighted by Gasteiger charge is 2.35. The van der Waals surface area contributed by atoms with Crippen LogP contribution in [-0.2, 0) is 11.0 Å². The first kappa shape index (κ1) is 26.9. The van der Waals surface area contributed by atoms with Crippen molar-refractivity contribution in [2.24, 2.45) is 5.16 Å². The van der Waals surface area contributed by atoms with Gasteiger partial charge in [0, 0.05) is 44.7 Å². The van der Waals surface area contributed by atoms with Crippen molar-refractivity contribution in [3.63, 3.8) is 0 Å². The molecule has 2 aliphatic heterocycles. The number of hydrogen-bond donors (Lipinski definition) is 1. The Morgan fingerprint density at radius 1 is 1.18 bits per heavy atom. The molecule has 3 heterocycles. The third-order valence-corrected chi connectivity index (χ3v) is 7.92. The molecule has 1 saturated heterocycles. The zero-order valence-electron chi connectivity index (χ0n) is 21.5. The summed E-state index contributed by atoms with van der Waals surface area (Å²) in [6.45, 7) is 8.65. The van der Waals surface area contributed by atoms with Gasteiger partial charge in [0.1, 0.15) is 11.9 Å². The van der Waals surface area contributed by atoms with Crippen LogP contribution in [0.15, 0.2) is 47.6 Å². The maximum absolute atomic E-state index is 12.9. The molecule has 4 atom stereocenters. The molecular weight excluding hydrogens is 517 g/mol. The number of piperazine rings is 1. The van der Waals surface area contributed by atoms with E-state index in [4.69, 9.17) is 9.57 Å². The Bertz CT molecular complexity index is 1290. The van der Waals surface area contributed by atoms with Crippen LogP contribution in [-0.4, -0.2) is 70.2 Å². The van der Waals surface area contributed by atoms with Crippen LogP contribution in [0.25, 0.3) is 10.2 Å². The fourth-order valence-electron chi connectivity index (χ4n) is 5.09. The lowest BCUT2D eigenvalue weighted by molar-refractivity contribution is -0.137. The van der Waals surface area contributed by atoms with Gasteiger partial charge in [0.15, 0.2) is 12.3 Å². The number of benzene rings is 2. The van der Waals surface area contributed by atoms with Crippen molar-refractivity contribution in [3.8, 4) is 5.75 Å². The largest absolute Gasteiger partial charge is 0.472 e. The first-order chi connectivity index (χ1) is 18.1. The van der Waals surface area contributed by atoms with Crippen molar-refractivity contribution >= 4 is 27.3 Å². The second-order valence-corrected chi connectivity index (χ2v) is 11.2. The van der Waals surface area contributed by atoms with Gasteiger partial charge in [-0.05, 0) is 50.6 Å². The molecule has 3 aromatic rings. The maximum Gasteiger partial charge on any atom is 0.416 e. The molecule has 38 heavy (non-hydrogen) atoms. The Kier molecular flexibility index (Phi) is 7.63. The molecular formula is C27H31F3N4O3S. The van der Waals surface area contributed by atoms with Gasteiger partial charge in [-0.2, -0.15) is 13.2 Å². The number of aryl methyl sites for hydroxylation is 1. The Labute approximate surface area is 223 Å². The summed E-state index contributed by atoms with van der Waals surface area (Å²) in [7, 11) is 0. The van der Waals surface area contributed by atoms with E-state index in [0.29, 0.717) is 30.8 Å². The number of aliphatic hydroxyl groups is 1. The number of rotatable bonds is 7. The SMILES string of the molecule is Cc1nc2cc(OC([C@@H](C)O)N3CCN(CC4=NOC(c5ccc(C(F)(F)F)cc5)C4)C[C@@H]3C)ccc2s1. The molecule has 2 aromatic carbocycles. The normalized spacial score (nSPS) is 22.8. The summed E-state index contributed by atoms with van der Waals surface area (Å²) in [4.78, 5) is 14.5. The van der Waals surface area contributed by atoms with E-state index < -0.39 is 24.1 Å². The summed E-state index contributed by atoms with van der Waals surface area (Å²) in [6.07, 6.45) is -5.40. The van der Waals surface area contributed by atoms with Crippen LogP contribution in [0.5, 0.6) is 5.75 Å². The summed E-state index contributed by atoms with van der Waals surface area (Å²) < 4.78 is 45.9. The molecule has 1 aromatic heterocycles. The minimum atomic E-state index is -4.36. The number of hydrogen-bond acceptors (Lipinski definition) is 8. The number of thiazole rings is 1. The Morgan fingerprint density at radius 3 is 2.63 bits per heavy atom. The molecule has 5 rings (SSSR count). The third kappa shape index (κ3) is 5.96. The number of ether oxygens (including phenoxy) is 1. The van der Waals surface area contributed by atoms with E-state index in [9.17, 15) is 18.3 Å². The first-order valence-electron chi connectivity index (χ1n) is 12.7. The van der Waals surface area contributed by atoms with E-state index in [1.165, 1.54) is 12.1 Å². The molecule has 0 bridgehead atoms.